The van der Waals surface area contributed by atoms with Crippen molar-refractivity contribution in [2.24, 2.45) is 0 Å². The van der Waals surface area contributed by atoms with Gasteiger partial charge in [0.25, 0.3) is 0 Å². The highest BCUT2D eigenvalue weighted by Crippen LogP contribution is 2.08. The molecule has 20 heavy (non-hydrogen) atoms. The summed E-state index contributed by atoms with van der Waals surface area (Å²) in [5.41, 5.74) is 2.76. The van der Waals surface area contributed by atoms with E-state index in [4.69, 9.17) is 0 Å². The molecular formula is C18H33NO. The van der Waals surface area contributed by atoms with Crippen LogP contribution in [0.3, 0.4) is 0 Å². The lowest BCUT2D eigenvalue weighted by atomic mass is 10.1. The number of unbranched alkanes of at least 4 members (excludes halogenated alkanes) is 1. The molecule has 0 atom stereocenters. The number of carbonyl (C=O) groups excluding carboxylic acids is 1. The van der Waals surface area contributed by atoms with E-state index in [-0.39, 0.29) is 0 Å². The van der Waals surface area contributed by atoms with E-state index in [1.54, 1.807) is 0 Å². The molecule has 0 N–H and O–H groups in total. The average Bonchev–Trinajstić information content (AvgIpc) is 2.38. The van der Waals surface area contributed by atoms with Crippen LogP contribution in [-0.2, 0) is 4.79 Å². The Kier molecular flexibility index (Phi) is 11.1. The molecule has 0 aromatic heterocycles. The van der Waals surface area contributed by atoms with E-state index in [9.17, 15) is 4.79 Å². The predicted octanol–water partition coefficient (Wildman–Crippen LogP) is 5.11. The van der Waals surface area contributed by atoms with Crippen molar-refractivity contribution in [3.63, 3.8) is 0 Å². The second-order valence-corrected chi connectivity index (χ2v) is 5.81. The number of amides is 1. The van der Waals surface area contributed by atoms with Gasteiger partial charge in [-0.3, -0.25) is 4.79 Å². The summed E-state index contributed by atoms with van der Waals surface area (Å²) in [6.45, 7) is 12.3. The zero-order chi connectivity index (χ0) is 15.4. The van der Waals surface area contributed by atoms with Crippen LogP contribution < -0.4 is 0 Å². The third kappa shape index (κ3) is 9.82. The van der Waals surface area contributed by atoms with Crippen LogP contribution >= 0.6 is 0 Å². The number of nitrogens with zero attached hydrogens (tertiary/aromatic N) is 1. The van der Waals surface area contributed by atoms with Gasteiger partial charge in [-0.05, 0) is 46.5 Å². The SMILES string of the molecule is CCCCN(CC=C(C)CCC=C(C)C)C(=O)CCC. The van der Waals surface area contributed by atoms with Crippen molar-refractivity contribution in [1.29, 1.82) is 0 Å². The van der Waals surface area contributed by atoms with Crippen molar-refractivity contribution >= 4 is 5.91 Å². The lowest BCUT2D eigenvalue weighted by molar-refractivity contribution is -0.130. The Hall–Kier alpha value is -1.05. The van der Waals surface area contributed by atoms with E-state index in [1.165, 1.54) is 11.1 Å². The van der Waals surface area contributed by atoms with Gasteiger partial charge in [-0.2, -0.15) is 0 Å². The van der Waals surface area contributed by atoms with Crippen LogP contribution in [0, 0.1) is 0 Å². The minimum atomic E-state index is 0.300. The lowest BCUT2D eigenvalue weighted by Gasteiger charge is -2.21. The first-order valence-corrected chi connectivity index (χ1v) is 8.08. The minimum absolute atomic E-state index is 0.300. The van der Waals surface area contributed by atoms with Crippen LogP contribution in [0.4, 0.5) is 0 Å². The van der Waals surface area contributed by atoms with Crippen LogP contribution in [0.1, 0.15) is 73.1 Å². The molecule has 0 aromatic rings. The molecule has 0 saturated carbocycles. The quantitative estimate of drug-likeness (QED) is 0.509. The molecule has 0 bridgehead atoms. The summed E-state index contributed by atoms with van der Waals surface area (Å²) < 4.78 is 0. The molecule has 0 spiro atoms. The van der Waals surface area contributed by atoms with Crippen LogP contribution in [0.2, 0.25) is 0 Å². The second kappa shape index (κ2) is 11.7. The summed E-state index contributed by atoms with van der Waals surface area (Å²) in [6, 6.07) is 0. The molecule has 0 aliphatic carbocycles. The molecule has 2 heteroatoms. The molecular weight excluding hydrogens is 246 g/mol. The van der Waals surface area contributed by atoms with Gasteiger partial charge in [0.1, 0.15) is 0 Å². The molecule has 0 heterocycles. The van der Waals surface area contributed by atoms with Gasteiger partial charge in [0, 0.05) is 19.5 Å². The zero-order valence-electron chi connectivity index (χ0n) is 14.2. The maximum absolute atomic E-state index is 12.1. The molecule has 0 aromatic carbocycles. The molecule has 0 unspecified atom stereocenters. The Morgan fingerprint density at radius 3 is 2.25 bits per heavy atom. The summed E-state index contributed by atoms with van der Waals surface area (Å²) in [7, 11) is 0. The highest BCUT2D eigenvalue weighted by molar-refractivity contribution is 5.76. The summed E-state index contributed by atoms with van der Waals surface area (Å²) in [4.78, 5) is 14.1. The number of allylic oxidation sites excluding steroid dienone is 3. The van der Waals surface area contributed by atoms with Crippen LogP contribution in [0.5, 0.6) is 0 Å². The van der Waals surface area contributed by atoms with E-state index < -0.39 is 0 Å². The molecule has 0 fully saturated rings. The minimum Gasteiger partial charge on any atom is -0.339 e. The molecule has 0 aliphatic rings. The fourth-order valence-electron chi connectivity index (χ4n) is 2.00. The molecule has 0 radical (unpaired) electrons. The standard InChI is InChI=1S/C18H33NO/c1-6-8-14-19(18(20)10-7-2)15-13-17(5)12-9-11-16(3)4/h11,13H,6-10,12,14-15H2,1-5H3. The molecule has 0 aliphatic heterocycles. The number of rotatable bonds is 10. The van der Waals surface area contributed by atoms with Gasteiger partial charge in [-0.25, -0.2) is 0 Å². The maximum atomic E-state index is 12.1. The van der Waals surface area contributed by atoms with Crippen LogP contribution in [0.15, 0.2) is 23.3 Å². The predicted molar refractivity (Wildman–Crippen MR) is 88.8 cm³/mol. The van der Waals surface area contributed by atoms with Crippen molar-refractivity contribution in [2.75, 3.05) is 13.1 Å². The Labute approximate surface area is 125 Å². The molecule has 0 saturated heterocycles. The second-order valence-electron chi connectivity index (χ2n) is 5.81. The zero-order valence-corrected chi connectivity index (χ0v) is 14.2. The maximum Gasteiger partial charge on any atom is 0.222 e. The van der Waals surface area contributed by atoms with Gasteiger partial charge < -0.3 is 4.90 Å². The van der Waals surface area contributed by atoms with Gasteiger partial charge in [-0.1, -0.05) is 43.6 Å². The Morgan fingerprint density at radius 1 is 1.00 bits per heavy atom. The first kappa shape index (κ1) is 18.9. The van der Waals surface area contributed by atoms with Crippen LogP contribution in [-0.4, -0.2) is 23.9 Å². The first-order chi connectivity index (χ1) is 9.51. The van der Waals surface area contributed by atoms with Gasteiger partial charge in [0.2, 0.25) is 5.91 Å². The van der Waals surface area contributed by atoms with Crippen molar-refractivity contribution in [3.05, 3.63) is 23.3 Å². The Bertz CT molecular complexity index is 324. The monoisotopic (exact) mass is 279 g/mol. The topological polar surface area (TPSA) is 20.3 Å². The van der Waals surface area contributed by atoms with Crippen molar-refractivity contribution in [3.8, 4) is 0 Å². The van der Waals surface area contributed by atoms with Crippen molar-refractivity contribution < 1.29 is 4.79 Å². The summed E-state index contributed by atoms with van der Waals surface area (Å²) in [6.07, 6.45) is 10.5. The smallest absolute Gasteiger partial charge is 0.222 e. The summed E-state index contributed by atoms with van der Waals surface area (Å²) >= 11 is 0. The van der Waals surface area contributed by atoms with Gasteiger partial charge in [0.15, 0.2) is 0 Å². The molecule has 1 amide bonds. The normalized spacial score (nSPS) is 11.3. The third-order valence-electron chi connectivity index (χ3n) is 3.35. The van der Waals surface area contributed by atoms with Crippen molar-refractivity contribution in [2.45, 2.75) is 73.1 Å². The number of carbonyl (C=O) groups is 1. The average molecular weight is 279 g/mol. The van der Waals surface area contributed by atoms with Gasteiger partial charge in [0.05, 0.1) is 0 Å². The van der Waals surface area contributed by atoms with Gasteiger partial charge >= 0.3 is 0 Å². The van der Waals surface area contributed by atoms with Crippen molar-refractivity contribution in [1.82, 2.24) is 4.90 Å². The van der Waals surface area contributed by atoms with Crippen LogP contribution in [0.25, 0.3) is 0 Å². The summed E-state index contributed by atoms with van der Waals surface area (Å²) in [5.74, 6) is 0.300. The highest BCUT2D eigenvalue weighted by atomic mass is 16.2. The fraction of sp³-hybridized carbons (Fsp3) is 0.722. The lowest BCUT2D eigenvalue weighted by Crippen LogP contribution is -2.32. The molecule has 116 valence electrons. The highest BCUT2D eigenvalue weighted by Gasteiger charge is 2.10. The largest absolute Gasteiger partial charge is 0.339 e. The Balaban J connectivity index is 4.33. The number of hydrogen-bond acceptors (Lipinski definition) is 1. The van der Waals surface area contributed by atoms with E-state index in [1.807, 2.05) is 4.90 Å². The first-order valence-electron chi connectivity index (χ1n) is 8.08. The Morgan fingerprint density at radius 2 is 1.70 bits per heavy atom. The fourth-order valence-corrected chi connectivity index (χ4v) is 2.00. The summed E-state index contributed by atoms with van der Waals surface area (Å²) in [5, 5.41) is 0. The van der Waals surface area contributed by atoms with E-state index in [0.29, 0.717) is 12.3 Å². The number of hydrogen-bond donors (Lipinski definition) is 0. The molecule has 2 nitrogen and oxygen atoms in total. The molecule has 0 rings (SSSR count). The van der Waals surface area contributed by atoms with E-state index in [0.717, 1.165) is 45.2 Å². The van der Waals surface area contributed by atoms with Gasteiger partial charge in [-0.15, -0.1) is 0 Å². The van der Waals surface area contributed by atoms with E-state index in [2.05, 4.69) is 46.8 Å². The van der Waals surface area contributed by atoms with E-state index >= 15 is 0 Å². The third-order valence-corrected chi connectivity index (χ3v) is 3.35.